The number of hydrogen-bond acceptors (Lipinski definition) is 3. The molecule has 0 saturated heterocycles. The Morgan fingerprint density at radius 3 is 2.79 bits per heavy atom. The van der Waals surface area contributed by atoms with E-state index in [1.807, 2.05) is 25.1 Å². The highest BCUT2D eigenvalue weighted by Gasteiger charge is 2.11. The second-order valence-electron chi connectivity index (χ2n) is 4.52. The zero-order chi connectivity index (χ0) is 13.9. The minimum atomic E-state index is 0.428. The van der Waals surface area contributed by atoms with E-state index in [0.717, 1.165) is 44.4 Å². The van der Waals surface area contributed by atoms with Crippen molar-refractivity contribution in [1.29, 1.82) is 0 Å². The molecule has 108 valence electrons. The van der Waals surface area contributed by atoms with Crippen molar-refractivity contribution in [2.45, 2.75) is 13.3 Å². The van der Waals surface area contributed by atoms with Crippen molar-refractivity contribution in [1.82, 2.24) is 5.32 Å². The van der Waals surface area contributed by atoms with Crippen molar-refractivity contribution < 1.29 is 9.47 Å². The van der Waals surface area contributed by atoms with Crippen LogP contribution in [-0.2, 0) is 15.9 Å². The van der Waals surface area contributed by atoms with Gasteiger partial charge in [-0.05, 0) is 30.9 Å². The molecule has 0 fully saturated rings. The average molecular weight is 286 g/mol. The van der Waals surface area contributed by atoms with Gasteiger partial charge in [0.2, 0.25) is 0 Å². The molecule has 0 amide bonds. The molecule has 3 nitrogen and oxygen atoms in total. The number of rotatable bonds is 10. The van der Waals surface area contributed by atoms with Crippen molar-refractivity contribution in [3.8, 4) is 0 Å². The van der Waals surface area contributed by atoms with Crippen LogP contribution < -0.4 is 5.32 Å². The molecule has 1 N–H and O–H groups in total. The fourth-order valence-corrected chi connectivity index (χ4v) is 2.14. The van der Waals surface area contributed by atoms with Crippen LogP contribution in [0.3, 0.4) is 0 Å². The van der Waals surface area contributed by atoms with Crippen LogP contribution in [0.25, 0.3) is 0 Å². The molecule has 1 atom stereocenters. The van der Waals surface area contributed by atoms with Gasteiger partial charge in [0.05, 0.1) is 13.2 Å². The summed E-state index contributed by atoms with van der Waals surface area (Å²) in [6.45, 7) is 6.02. The van der Waals surface area contributed by atoms with Crippen molar-refractivity contribution in [3.63, 3.8) is 0 Å². The summed E-state index contributed by atoms with van der Waals surface area (Å²) in [5, 5.41) is 4.22. The van der Waals surface area contributed by atoms with Gasteiger partial charge >= 0.3 is 0 Å². The molecule has 0 heterocycles. The highest BCUT2D eigenvalue weighted by atomic mass is 35.5. The van der Waals surface area contributed by atoms with Gasteiger partial charge in [-0.2, -0.15) is 0 Å². The first-order chi connectivity index (χ1) is 9.27. The van der Waals surface area contributed by atoms with E-state index in [4.69, 9.17) is 21.1 Å². The van der Waals surface area contributed by atoms with E-state index in [0.29, 0.717) is 5.92 Å². The molecule has 0 bridgehead atoms. The number of hydrogen-bond donors (Lipinski definition) is 1. The molecule has 4 heteroatoms. The molecule has 0 aliphatic rings. The summed E-state index contributed by atoms with van der Waals surface area (Å²) < 4.78 is 10.6. The fourth-order valence-electron chi connectivity index (χ4n) is 1.93. The molecular formula is C15H24ClNO2. The lowest BCUT2D eigenvalue weighted by atomic mass is 10.00. The molecule has 1 unspecified atom stereocenters. The normalized spacial score (nSPS) is 12.6. The molecule has 0 aliphatic heterocycles. The molecule has 19 heavy (non-hydrogen) atoms. The van der Waals surface area contributed by atoms with Crippen LogP contribution in [0.1, 0.15) is 12.5 Å². The monoisotopic (exact) mass is 285 g/mol. The third-order valence-electron chi connectivity index (χ3n) is 2.94. The van der Waals surface area contributed by atoms with E-state index in [1.54, 1.807) is 7.11 Å². The van der Waals surface area contributed by atoms with E-state index in [1.165, 1.54) is 5.56 Å². The van der Waals surface area contributed by atoms with Gasteiger partial charge in [-0.15, -0.1) is 0 Å². The Hall–Kier alpha value is -0.610. The van der Waals surface area contributed by atoms with Crippen molar-refractivity contribution in [2.75, 3.05) is 40.0 Å². The first-order valence-electron chi connectivity index (χ1n) is 6.78. The van der Waals surface area contributed by atoms with Crippen LogP contribution in [0.5, 0.6) is 0 Å². The Balaban J connectivity index is 2.46. The lowest BCUT2D eigenvalue weighted by Gasteiger charge is -2.18. The van der Waals surface area contributed by atoms with Gasteiger partial charge in [-0.1, -0.05) is 29.8 Å². The van der Waals surface area contributed by atoms with E-state index < -0.39 is 0 Å². The summed E-state index contributed by atoms with van der Waals surface area (Å²) >= 11 is 6.20. The van der Waals surface area contributed by atoms with Crippen LogP contribution in [0.15, 0.2) is 24.3 Å². The van der Waals surface area contributed by atoms with Crippen molar-refractivity contribution >= 4 is 11.6 Å². The van der Waals surface area contributed by atoms with Gasteiger partial charge in [0.1, 0.15) is 0 Å². The van der Waals surface area contributed by atoms with Gasteiger partial charge < -0.3 is 14.8 Å². The Morgan fingerprint density at radius 1 is 1.32 bits per heavy atom. The first-order valence-corrected chi connectivity index (χ1v) is 7.16. The van der Waals surface area contributed by atoms with Crippen LogP contribution >= 0.6 is 11.6 Å². The maximum absolute atomic E-state index is 6.20. The minimum Gasteiger partial charge on any atom is -0.383 e. The third kappa shape index (κ3) is 6.92. The van der Waals surface area contributed by atoms with Crippen LogP contribution in [-0.4, -0.2) is 40.0 Å². The Morgan fingerprint density at radius 2 is 2.11 bits per heavy atom. The number of halogens is 1. The highest BCUT2D eigenvalue weighted by molar-refractivity contribution is 6.31. The second kappa shape index (κ2) is 10.2. The topological polar surface area (TPSA) is 30.5 Å². The molecule has 1 aromatic rings. The quantitative estimate of drug-likeness (QED) is 0.671. The van der Waals surface area contributed by atoms with E-state index in [9.17, 15) is 0 Å². The third-order valence-corrected chi connectivity index (χ3v) is 3.31. The summed E-state index contributed by atoms with van der Waals surface area (Å²) in [4.78, 5) is 0. The van der Waals surface area contributed by atoms with Gasteiger partial charge in [-0.25, -0.2) is 0 Å². The summed E-state index contributed by atoms with van der Waals surface area (Å²) in [6.07, 6.45) is 0.930. The average Bonchev–Trinajstić information content (AvgIpc) is 2.43. The van der Waals surface area contributed by atoms with Gasteiger partial charge in [0.25, 0.3) is 0 Å². The van der Waals surface area contributed by atoms with Crippen molar-refractivity contribution in [3.05, 3.63) is 34.9 Å². The summed E-state index contributed by atoms with van der Waals surface area (Å²) in [6, 6.07) is 8.00. The van der Waals surface area contributed by atoms with Crippen molar-refractivity contribution in [2.24, 2.45) is 5.92 Å². The number of benzene rings is 1. The lowest BCUT2D eigenvalue weighted by molar-refractivity contribution is 0.108. The largest absolute Gasteiger partial charge is 0.383 e. The Bertz CT molecular complexity index is 347. The standard InChI is InChI=1S/C15H24ClNO2/c1-3-19-12-13(11-17-8-9-18-2)10-14-6-4-5-7-15(14)16/h4-7,13,17H,3,8-12H2,1-2H3. The fraction of sp³-hybridized carbons (Fsp3) is 0.600. The molecule has 1 aromatic carbocycles. The predicted molar refractivity (Wildman–Crippen MR) is 79.9 cm³/mol. The summed E-state index contributed by atoms with van der Waals surface area (Å²) in [5.74, 6) is 0.428. The molecule has 0 saturated carbocycles. The zero-order valence-corrected chi connectivity index (χ0v) is 12.6. The number of ether oxygens (including phenoxy) is 2. The molecule has 0 spiro atoms. The summed E-state index contributed by atoms with van der Waals surface area (Å²) in [5.41, 5.74) is 1.18. The van der Waals surface area contributed by atoms with Gasteiger partial charge in [0, 0.05) is 31.8 Å². The maximum Gasteiger partial charge on any atom is 0.0587 e. The summed E-state index contributed by atoms with van der Waals surface area (Å²) in [7, 11) is 1.71. The second-order valence-corrected chi connectivity index (χ2v) is 4.93. The van der Waals surface area contributed by atoms with Gasteiger partial charge in [-0.3, -0.25) is 0 Å². The predicted octanol–water partition coefficient (Wildman–Crippen LogP) is 2.77. The maximum atomic E-state index is 6.20. The SMILES string of the molecule is CCOCC(CNCCOC)Cc1ccccc1Cl. The van der Waals surface area contributed by atoms with E-state index in [-0.39, 0.29) is 0 Å². The van der Waals surface area contributed by atoms with E-state index >= 15 is 0 Å². The lowest BCUT2D eigenvalue weighted by Crippen LogP contribution is -2.30. The molecule has 0 radical (unpaired) electrons. The zero-order valence-electron chi connectivity index (χ0n) is 11.8. The highest BCUT2D eigenvalue weighted by Crippen LogP contribution is 2.18. The molecule has 0 aromatic heterocycles. The van der Waals surface area contributed by atoms with Crippen LogP contribution in [0, 0.1) is 5.92 Å². The Labute approximate surface area is 121 Å². The number of nitrogens with one attached hydrogen (secondary N) is 1. The number of methoxy groups -OCH3 is 1. The van der Waals surface area contributed by atoms with Crippen LogP contribution in [0.2, 0.25) is 5.02 Å². The minimum absolute atomic E-state index is 0.428. The molecule has 1 rings (SSSR count). The smallest absolute Gasteiger partial charge is 0.0587 e. The molecule has 0 aliphatic carbocycles. The van der Waals surface area contributed by atoms with Crippen LogP contribution in [0.4, 0.5) is 0 Å². The van der Waals surface area contributed by atoms with Gasteiger partial charge in [0.15, 0.2) is 0 Å². The Kier molecular flexibility index (Phi) is 8.84. The van der Waals surface area contributed by atoms with E-state index in [2.05, 4.69) is 11.4 Å². The first kappa shape index (κ1) is 16.4. The molecular weight excluding hydrogens is 262 g/mol.